The number of benzene rings is 1. The summed E-state index contributed by atoms with van der Waals surface area (Å²) in [5.41, 5.74) is 1.79. The Morgan fingerprint density at radius 3 is 2.85 bits per heavy atom. The minimum atomic E-state index is -0.410. The zero-order chi connectivity index (χ0) is 23.8. The Balaban J connectivity index is 1.30. The molecule has 0 spiro atoms. The van der Waals surface area contributed by atoms with Crippen LogP contribution < -0.4 is 10.2 Å². The van der Waals surface area contributed by atoms with Crippen LogP contribution in [0.3, 0.4) is 0 Å². The molecule has 0 saturated carbocycles. The summed E-state index contributed by atoms with van der Waals surface area (Å²) in [6, 6.07) is 5.09. The Morgan fingerprint density at radius 1 is 1.26 bits per heavy atom. The van der Waals surface area contributed by atoms with E-state index in [2.05, 4.69) is 20.1 Å². The van der Waals surface area contributed by atoms with E-state index in [4.69, 9.17) is 28.2 Å². The van der Waals surface area contributed by atoms with Crippen molar-refractivity contribution in [2.45, 2.75) is 25.8 Å². The van der Waals surface area contributed by atoms with Gasteiger partial charge < -0.3 is 20.2 Å². The molecule has 0 aliphatic carbocycles. The van der Waals surface area contributed by atoms with Crippen molar-refractivity contribution >= 4 is 55.7 Å². The number of rotatable bonds is 7. The van der Waals surface area contributed by atoms with Gasteiger partial charge in [0.15, 0.2) is 16.6 Å². The van der Waals surface area contributed by atoms with Crippen LogP contribution in [0.5, 0.6) is 0 Å². The first-order valence-corrected chi connectivity index (χ1v) is 13.2. The highest BCUT2D eigenvalue weighted by molar-refractivity contribution is 7.22. The number of fused-ring (bicyclic) bond motifs is 1. The second kappa shape index (κ2) is 10.1. The fraction of sp³-hybridized carbons (Fsp3) is 0.500. The molecule has 1 aromatic carbocycles. The summed E-state index contributed by atoms with van der Waals surface area (Å²) in [7, 11) is 0. The number of β-amino-alcohol motifs (C(OH)–C–C–N with tert-alkyl or cyclic N) is 1. The van der Waals surface area contributed by atoms with E-state index in [1.165, 1.54) is 30.4 Å². The van der Waals surface area contributed by atoms with Crippen molar-refractivity contribution in [2.75, 3.05) is 49.5 Å². The number of aromatic nitrogens is 2. The molecular formula is C24H28Cl2FN5OS. The highest BCUT2D eigenvalue weighted by atomic mass is 35.5. The fourth-order valence-electron chi connectivity index (χ4n) is 5.05. The number of thiazole rings is 1. The van der Waals surface area contributed by atoms with E-state index in [0.29, 0.717) is 37.9 Å². The number of pyridine rings is 1. The van der Waals surface area contributed by atoms with Crippen LogP contribution in [0, 0.1) is 17.7 Å². The highest BCUT2D eigenvalue weighted by Crippen LogP contribution is 2.40. The van der Waals surface area contributed by atoms with E-state index in [-0.39, 0.29) is 12.6 Å². The zero-order valence-electron chi connectivity index (χ0n) is 19.0. The molecule has 0 unspecified atom stereocenters. The van der Waals surface area contributed by atoms with Crippen molar-refractivity contribution in [2.24, 2.45) is 11.8 Å². The molecule has 0 radical (unpaired) electrons. The second-order valence-electron chi connectivity index (χ2n) is 9.25. The maximum atomic E-state index is 14.8. The number of nitrogens with zero attached hydrogens (tertiary/aromatic N) is 4. The molecule has 2 aliphatic heterocycles. The third-order valence-corrected chi connectivity index (χ3v) is 8.64. The Hall–Kier alpha value is -1.71. The van der Waals surface area contributed by atoms with Crippen LogP contribution in [0.4, 0.5) is 15.2 Å². The number of halogens is 3. The van der Waals surface area contributed by atoms with Crippen LogP contribution in [0.25, 0.3) is 10.3 Å². The quantitative estimate of drug-likeness (QED) is 0.429. The average molecular weight is 524 g/mol. The molecule has 2 atom stereocenters. The SMILES string of the molecule is C[C@@H](Nc1c(F)cnc2nc(N3CC([C@H]4CCCN(CCO)C4)C3)sc12)c1ccc(Cl)cc1Cl. The number of nitrogens with one attached hydrogen (secondary N) is 1. The molecule has 2 saturated heterocycles. The Kier molecular flexibility index (Phi) is 7.14. The molecule has 2 N–H and O–H groups in total. The van der Waals surface area contributed by atoms with Gasteiger partial charge in [-0.25, -0.2) is 9.37 Å². The molecule has 2 aromatic heterocycles. The van der Waals surface area contributed by atoms with Gasteiger partial charge in [0.25, 0.3) is 0 Å². The lowest BCUT2D eigenvalue weighted by atomic mass is 9.81. The molecule has 3 aromatic rings. The molecular weight excluding hydrogens is 496 g/mol. The Labute approximate surface area is 212 Å². The molecule has 10 heteroatoms. The number of hydrogen-bond acceptors (Lipinski definition) is 7. The summed E-state index contributed by atoms with van der Waals surface area (Å²) < 4.78 is 15.5. The van der Waals surface area contributed by atoms with Gasteiger partial charge in [-0.2, -0.15) is 4.98 Å². The Morgan fingerprint density at radius 2 is 2.09 bits per heavy atom. The summed E-state index contributed by atoms with van der Waals surface area (Å²) in [5, 5.41) is 14.5. The van der Waals surface area contributed by atoms with Gasteiger partial charge in [-0.3, -0.25) is 0 Å². The lowest BCUT2D eigenvalue weighted by Crippen LogP contribution is -2.53. The smallest absolute Gasteiger partial charge is 0.188 e. The van der Waals surface area contributed by atoms with Crippen LogP contribution in [0.15, 0.2) is 24.4 Å². The van der Waals surface area contributed by atoms with Gasteiger partial charge in [0, 0.05) is 36.2 Å². The third kappa shape index (κ3) is 4.84. The molecule has 182 valence electrons. The van der Waals surface area contributed by atoms with Crippen LogP contribution >= 0.6 is 34.5 Å². The predicted octanol–water partition coefficient (Wildman–Crippen LogP) is 5.45. The topological polar surface area (TPSA) is 64.5 Å². The maximum Gasteiger partial charge on any atom is 0.188 e. The second-order valence-corrected chi connectivity index (χ2v) is 11.1. The van der Waals surface area contributed by atoms with Gasteiger partial charge in [-0.15, -0.1) is 0 Å². The van der Waals surface area contributed by atoms with E-state index < -0.39 is 5.82 Å². The summed E-state index contributed by atoms with van der Waals surface area (Å²) in [4.78, 5) is 13.6. The van der Waals surface area contributed by atoms with E-state index in [0.717, 1.165) is 43.4 Å². The first kappa shape index (κ1) is 24.0. The summed E-state index contributed by atoms with van der Waals surface area (Å²) in [5.74, 6) is 0.874. The number of anilines is 2. The van der Waals surface area contributed by atoms with Gasteiger partial charge >= 0.3 is 0 Å². The van der Waals surface area contributed by atoms with Gasteiger partial charge in [-0.05, 0) is 55.8 Å². The lowest BCUT2D eigenvalue weighted by Gasteiger charge is -2.46. The van der Waals surface area contributed by atoms with Gasteiger partial charge in [-0.1, -0.05) is 40.6 Å². The third-order valence-electron chi connectivity index (χ3n) is 6.96. The summed E-state index contributed by atoms with van der Waals surface area (Å²) in [6.07, 6.45) is 3.66. The molecule has 4 heterocycles. The normalized spacial score (nSPS) is 20.5. The van der Waals surface area contributed by atoms with Crippen molar-refractivity contribution in [3.63, 3.8) is 0 Å². The van der Waals surface area contributed by atoms with E-state index in [9.17, 15) is 9.50 Å². The number of aliphatic hydroxyl groups excluding tert-OH is 1. The first-order valence-electron chi connectivity index (χ1n) is 11.7. The number of hydrogen-bond donors (Lipinski definition) is 2. The van der Waals surface area contributed by atoms with Crippen LogP contribution in [0.1, 0.15) is 31.4 Å². The number of piperidine rings is 1. The molecule has 0 bridgehead atoms. The van der Waals surface area contributed by atoms with E-state index >= 15 is 0 Å². The van der Waals surface area contributed by atoms with Gasteiger partial charge in [0.05, 0.1) is 24.5 Å². The maximum absolute atomic E-state index is 14.8. The fourth-order valence-corrected chi connectivity index (χ4v) is 6.66. The standard InChI is InChI=1S/C24H28Cl2FN5OS/c1-14(18-5-4-17(25)9-19(18)26)29-21-20(27)10-28-23-22(21)34-24(30-23)32-12-16(13-32)15-3-2-6-31(11-15)7-8-33/h4-5,9-10,14-16,33H,2-3,6-8,11-13H2,1H3,(H,28,29)/t14-,15+/m1/s1. The first-order chi connectivity index (χ1) is 16.4. The van der Waals surface area contributed by atoms with Crippen LogP contribution in [-0.2, 0) is 0 Å². The van der Waals surface area contributed by atoms with Gasteiger partial charge in [0.1, 0.15) is 4.70 Å². The minimum absolute atomic E-state index is 0.220. The van der Waals surface area contributed by atoms with Crippen LogP contribution in [-0.4, -0.2) is 59.3 Å². The molecule has 2 aliphatic rings. The van der Waals surface area contributed by atoms with E-state index in [1.54, 1.807) is 12.1 Å². The monoisotopic (exact) mass is 523 g/mol. The molecule has 2 fully saturated rings. The van der Waals surface area contributed by atoms with Crippen LogP contribution in [0.2, 0.25) is 10.0 Å². The molecule has 5 rings (SSSR count). The summed E-state index contributed by atoms with van der Waals surface area (Å²) in [6.45, 7) is 6.98. The molecule has 0 amide bonds. The number of likely N-dealkylation sites (tertiary alicyclic amines) is 1. The highest BCUT2D eigenvalue weighted by Gasteiger charge is 2.37. The van der Waals surface area contributed by atoms with Crippen molar-refractivity contribution in [3.8, 4) is 0 Å². The van der Waals surface area contributed by atoms with Gasteiger partial charge in [0.2, 0.25) is 0 Å². The largest absolute Gasteiger partial charge is 0.395 e. The van der Waals surface area contributed by atoms with Crippen molar-refractivity contribution in [3.05, 3.63) is 45.8 Å². The van der Waals surface area contributed by atoms with Crippen molar-refractivity contribution < 1.29 is 9.50 Å². The van der Waals surface area contributed by atoms with Crippen molar-refractivity contribution in [1.82, 2.24) is 14.9 Å². The minimum Gasteiger partial charge on any atom is -0.395 e. The molecule has 34 heavy (non-hydrogen) atoms. The summed E-state index contributed by atoms with van der Waals surface area (Å²) >= 11 is 13.9. The Bertz CT molecular complexity index is 1170. The zero-order valence-corrected chi connectivity index (χ0v) is 21.3. The number of aliphatic hydroxyl groups is 1. The lowest BCUT2D eigenvalue weighted by molar-refractivity contribution is 0.102. The predicted molar refractivity (Wildman–Crippen MR) is 138 cm³/mol. The molecule has 6 nitrogen and oxygen atoms in total. The average Bonchev–Trinajstić information content (AvgIpc) is 3.19. The van der Waals surface area contributed by atoms with Crippen molar-refractivity contribution in [1.29, 1.82) is 0 Å². The van der Waals surface area contributed by atoms with E-state index in [1.807, 2.05) is 13.0 Å².